The van der Waals surface area contributed by atoms with Crippen molar-refractivity contribution >= 4 is 40.6 Å². The molecule has 0 bridgehead atoms. The summed E-state index contributed by atoms with van der Waals surface area (Å²) in [6, 6.07) is 10.8. The molecule has 0 unspecified atom stereocenters. The number of Topliss-reactive ketones (excluding diaryl/α,β-unsaturated/α-hetero) is 1. The standard InChI is InChI=1S/C21H19Cl2NO3/c22-17-4-3-16(10-18(17)23)24-8-7-21(20(24)27)6-5-13-1-2-14(19(26)12-25)9-15(13)11-21/h1-4,9-10,25H,5-8,11-12H2/t21-/m1/s1. The molecule has 1 amide bonds. The molecule has 4 nitrogen and oxygen atoms in total. The summed E-state index contributed by atoms with van der Waals surface area (Å²) in [5, 5.41) is 10.0. The van der Waals surface area contributed by atoms with E-state index in [0.717, 1.165) is 30.5 Å². The summed E-state index contributed by atoms with van der Waals surface area (Å²) in [7, 11) is 0. The van der Waals surface area contributed by atoms with Crippen LogP contribution in [0.25, 0.3) is 0 Å². The van der Waals surface area contributed by atoms with Gasteiger partial charge in [-0.1, -0.05) is 35.3 Å². The molecule has 0 radical (unpaired) electrons. The maximum atomic E-state index is 13.3. The third-order valence-corrected chi connectivity index (χ3v) is 6.54. The van der Waals surface area contributed by atoms with Crippen molar-refractivity contribution in [3.8, 4) is 0 Å². The minimum absolute atomic E-state index is 0.102. The predicted molar refractivity (Wildman–Crippen MR) is 106 cm³/mol. The second-order valence-corrected chi connectivity index (χ2v) is 8.14. The highest BCUT2D eigenvalue weighted by atomic mass is 35.5. The Morgan fingerprint density at radius 1 is 1.07 bits per heavy atom. The number of ketones is 1. The van der Waals surface area contributed by atoms with Crippen molar-refractivity contribution in [2.75, 3.05) is 18.1 Å². The van der Waals surface area contributed by atoms with E-state index in [-0.39, 0.29) is 11.7 Å². The Hall–Kier alpha value is -1.88. The maximum absolute atomic E-state index is 13.3. The lowest BCUT2D eigenvalue weighted by molar-refractivity contribution is -0.126. The van der Waals surface area contributed by atoms with Crippen molar-refractivity contribution in [3.63, 3.8) is 0 Å². The lowest BCUT2D eigenvalue weighted by atomic mass is 9.70. The first kappa shape index (κ1) is 18.5. The van der Waals surface area contributed by atoms with Crippen LogP contribution in [0.5, 0.6) is 0 Å². The van der Waals surface area contributed by atoms with Gasteiger partial charge in [-0.15, -0.1) is 0 Å². The molecule has 2 aliphatic rings. The third-order valence-electron chi connectivity index (χ3n) is 5.80. The molecule has 0 saturated carbocycles. The lowest BCUT2D eigenvalue weighted by Gasteiger charge is -2.33. The summed E-state index contributed by atoms with van der Waals surface area (Å²) in [4.78, 5) is 26.9. The molecule has 140 valence electrons. The molecule has 1 heterocycles. The number of halogens is 2. The van der Waals surface area contributed by atoms with E-state index in [1.54, 1.807) is 23.1 Å². The van der Waals surface area contributed by atoms with E-state index in [2.05, 4.69) is 0 Å². The fourth-order valence-corrected chi connectivity index (χ4v) is 4.53. The second-order valence-electron chi connectivity index (χ2n) is 7.33. The highest BCUT2D eigenvalue weighted by Crippen LogP contribution is 2.45. The number of hydrogen-bond donors (Lipinski definition) is 1. The quantitative estimate of drug-likeness (QED) is 0.785. The topological polar surface area (TPSA) is 57.6 Å². The van der Waals surface area contributed by atoms with E-state index >= 15 is 0 Å². The van der Waals surface area contributed by atoms with E-state index in [1.807, 2.05) is 18.2 Å². The molecule has 2 aromatic rings. The average molecular weight is 404 g/mol. The van der Waals surface area contributed by atoms with Crippen molar-refractivity contribution in [1.29, 1.82) is 0 Å². The fourth-order valence-electron chi connectivity index (χ4n) is 4.24. The van der Waals surface area contributed by atoms with E-state index < -0.39 is 12.0 Å². The monoisotopic (exact) mass is 403 g/mol. The normalized spacial score (nSPS) is 21.6. The van der Waals surface area contributed by atoms with E-state index in [9.17, 15) is 9.59 Å². The maximum Gasteiger partial charge on any atom is 0.233 e. The molecular formula is C21H19Cl2NO3. The second kappa shape index (κ2) is 6.93. The van der Waals surface area contributed by atoms with E-state index in [1.165, 1.54) is 5.56 Å². The molecule has 1 atom stereocenters. The van der Waals surface area contributed by atoms with Gasteiger partial charge in [-0.25, -0.2) is 0 Å². The smallest absolute Gasteiger partial charge is 0.233 e. The number of aliphatic hydroxyl groups is 1. The molecule has 1 spiro atoms. The number of amides is 1. The molecule has 1 fully saturated rings. The highest BCUT2D eigenvalue weighted by molar-refractivity contribution is 6.42. The molecule has 0 aromatic heterocycles. The molecule has 27 heavy (non-hydrogen) atoms. The number of fused-ring (bicyclic) bond motifs is 1. The Morgan fingerprint density at radius 3 is 2.63 bits per heavy atom. The predicted octanol–water partition coefficient (Wildman–Crippen LogP) is 4.08. The van der Waals surface area contributed by atoms with Gasteiger partial charge in [0.05, 0.1) is 15.5 Å². The van der Waals surface area contributed by atoms with Crippen LogP contribution in [0.3, 0.4) is 0 Å². The Labute approximate surface area is 167 Å². The van der Waals surface area contributed by atoms with Gasteiger partial charge < -0.3 is 10.0 Å². The van der Waals surface area contributed by atoms with Gasteiger partial charge >= 0.3 is 0 Å². The zero-order valence-corrected chi connectivity index (χ0v) is 16.2. The van der Waals surface area contributed by atoms with Gasteiger partial charge in [-0.3, -0.25) is 9.59 Å². The van der Waals surface area contributed by atoms with Gasteiger partial charge in [0, 0.05) is 17.8 Å². The molecular weight excluding hydrogens is 385 g/mol. The number of hydrogen-bond acceptors (Lipinski definition) is 3. The van der Waals surface area contributed by atoms with Crippen LogP contribution in [0.2, 0.25) is 10.0 Å². The number of benzene rings is 2. The highest BCUT2D eigenvalue weighted by Gasteiger charge is 2.48. The van der Waals surface area contributed by atoms with Crippen LogP contribution in [0.1, 0.15) is 34.3 Å². The Bertz CT molecular complexity index is 943. The fraction of sp³-hybridized carbons (Fsp3) is 0.333. The van der Waals surface area contributed by atoms with Crippen LogP contribution in [-0.4, -0.2) is 29.9 Å². The molecule has 1 aliphatic carbocycles. The van der Waals surface area contributed by atoms with Gasteiger partial charge in [0.2, 0.25) is 5.91 Å². The summed E-state index contributed by atoms with van der Waals surface area (Å²) in [5.74, 6) is -0.196. The zero-order chi connectivity index (χ0) is 19.2. The van der Waals surface area contributed by atoms with Crippen LogP contribution in [0.4, 0.5) is 5.69 Å². The summed E-state index contributed by atoms with van der Waals surface area (Å²) in [6.45, 7) is 0.134. The van der Waals surface area contributed by atoms with Crippen molar-refractivity contribution < 1.29 is 14.7 Å². The number of aliphatic hydroxyl groups excluding tert-OH is 1. The first-order valence-electron chi connectivity index (χ1n) is 8.96. The van der Waals surface area contributed by atoms with E-state index in [4.69, 9.17) is 28.3 Å². The number of carbonyl (C=O) groups is 2. The minimum atomic E-state index is -0.506. The van der Waals surface area contributed by atoms with Crippen LogP contribution < -0.4 is 4.90 Å². The molecule has 1 saturated heterocycles. The van der Waals surface area contributed by atoms with Crippen molar-refractivity contribution in [2.24, 2.45) is 5.41 Å². The molecule has 1 N–H and O–H groups in total. The summed E-state index contributed by atoms with van der Waals surface area (Å²) >= 11 is 12.1. The van der Waals surface area contributed by atoms with Gasteiger partial charge in [-0.05, 0) is 61.1 Å². The van der Waals surface area contributed by atoms with Crippen LogP contribution in [-0.2, 0) is 17.6 Å². The Kier molecular flexibility index (Phi) is 4.75. The SMILES string of the molecule is O=C(CO)c1ccc2c(c1)C[C@@]1(CC2)CCN(c2ccc(Cl)c(Cl)c2)C1=O. The molecule has 2 aromatic carbocycles. The van der Waals surface area contributed by atoms with Crippen molar-refractivity contribution in [3.05, 3.63) is 63.1 Å². The Morgan fingerprint density at radius 2 is 1.89 bits per heavy atom. The van der Waals surface area contributed by atoms with Gasteiger partial charge in [0.15, 0.2) is 5.78 Å². The van der Waals surface area contributed by atoms with Gasteiger partial charge in [0.1, 0.15) is 6.61 Å². The number of aryl methyl sites for hydroxylation is 1. The third kappa shape index (κ3) is 3.16. The minimum Gasteiger partial charge on any atom is -0.388 e. The largest absolute Gasteiger partial charge is 0.388 e. The van der Waals surface area contributed by atoms with Crippen molar-refractivity contribution in [1.82, 2.24) is 0 Å². The lowest BCUT2D eigenvalue weighted by Crippen LogP contribution is -2.38. The van der Waals surface area contributed by atoms with E-state index in [0.29, 0.717) is 28.6 Å². The number of carbonyl (C=O) groups excluding carboxylic acids is 2. The summed E-state index contributed by atoms with van der Waals surface area (Å²) < 4.78 is 0. The first-order valence-corrected chi connectivity index (χ1v) is 9.72. The number of nitrogens with zero attached hydrogens (tertiary/aromatic N) is 1. The molecule has 6 heteroatoms. The summed E-state index contributed by atoms with van der Waals surface area (Å²) in [6.07, 6.45) is 2.99. The molecule has 4 rings (SSSR count). The van der Waals surface area contributed by atoms with Crippen LogP contribution >= 0.6 is 23.2 Å². The number of rotatable bonds is 3. The van der Waals surface area contributed by atoms with Gasteiger partial charge in [0.25, 0.3) is 0 Å². The van der Waals surface area contributed by atoms with Gasteiger partial charge in [-0.2, -0.15) is 0 Å². The summed E-state index contributed by atoms with van der Waals surface area (Å²) in [5.41, 5.74) is 3.03. The van der Waals surface area contributed by atoms with Crippen molar-refractivity contribution in [2.45, 2.75) is 25.7 Å². The Balaban J connectivity index is 1.63. The first-order chi connectivity index (χ1) is 12.9. The van der Waals surface area contributed by atoms with Crippen LogP contribution in [0.15, 0.2) is 36.4 Å². The number of anilines is 1. The van der Waals surface area contributed by atoms with Crippen LogP contribution in [0, 0.1) is 5.41 Å². The zero-order valence-electron chi connectivity index (χ0n) is 14.7. The molecule has 1 aliphatic heterocycles. The average Bonchev–Trinajstić information content (AvgIpc) is 2.98.